The summed E-state index contributed by atoms with van der Waals surface area (Å²) in [6, 6.07) is 24.5. The van der Waals surface area contributed by atoms with Gasteiger partial charge in [-0.1, -0.05) is 54.6 Å². The first-order valence-electron chi connectivity index (χ1n) is 9.50. The molecule has 0 aliphatic rings. The molecule has 0 unspecified atom stereocenters. The van der Waals surface area contributed by atoms with Gasteiger partial charge in [0.05, 0.1) is 22.2 Å². The third-order valence-electron chi connectivity index (χ3n) is 4.87. The summed E-state index contributed by atoms with van der Waals surface area (Å²) in [5, 5.41) is 26.0. The SMILES string of the molecule is O=C(O)c1ccccc1Nc1ccc(OCc2cccc3ccccc23)cc1[N+](=O)[O-]. The van der Waals surface area contributed by atoms with Gasteiger partial charge in [-0.15, -0.1) is 0 Å². The van der Waals surface area contributed by atoms with Crippen molar-refractivity contribution in [3.8, 4) is 5.75 Å². The molecule has 4 rings (SSSR count). The molecule has 0 amide bonds. The molecular formula is C24H18N2O5. The fourth-order valence-corrected chi connectivity index (χ4v) is 3.36. The van der Waals surface area contributed by atoms with Gasteiger partial charge in [0, 0.05) is 0 Å². The molecule has 154 valence electrons. The van der Waals surface area contributed by atoms with Crippen molar-refractivity contribution in [2.75, 3.05) is 5.32 Å². The summed E-state index contributed by atoms with van der Waals surface area (Å²) in [4.78, 5) is 22.5. The fourth-order valence-electron chi connectivity index (χ4n) is 3.36. The molecule has 0 atom stereocenters. The third kappa shape index (κ3) is 4.30. The van der Waals surface area contributed by atoms with Crippen molar-refractivity contribution in [2.45, 2.75) is 6.61 Å². The predicted octanol–water partition coefficient (Wildman–Crippen LogP) is 5.77. The smallest absolute Gasteiger partial charge is 0.337 e. The van der Waals surface area contributed by atoms with Crippen LogP contribution in [0.1, 0.15) is 15.9 Å². The van der Waals surface area contributed by atoms with Gasteiger partial charge in [-0.25, -0.2) is 4.79 Å². The van der Waals surface area contributed by atoms with Gasteiger partial charge in [0.2, 0.25) is 0 Å². The molecular weight excluding hydrogens is 396 g/mol. The molecule has 0 saturated carbocycles. The van der Waals surface area contributed by atoms with Gasteiger partial charge < -0.3 is 15.2 Å². The minimum Gasteiger partial charge on any atom is -0.489 e. The van der Waals surface area contributed by atoms with Gasteiger partial charge in [0.25, 0.3) is 5.69 Å². The number of hydrogen-bond donors (Lipinski definition) is 2. The number of fused-ring (bicyclic) bond motifs is 1. The number of carboxylic acids is 1. The van der Waals surface area contributed by atoms with E-state index in [0.717, 1.165) is 16.3 Å². The number of nitro groups is 1. The number of anilines is 2. The van der Waals surface area contributed by atoms with Crippen molar-refractivity contribution in [1.82, 2.24) is 0 Å². The van der Waals surface area contributed by atoms with Crippen LogP contribution in [0, 0.1) is 10.1 Å². The lowest BCUT2D eigenvalue weighted by molar-refractivity contribution is -0.384. The van der Waals surface area contributed by atoms with E-state index in [1.807, 2.05) is 42.5 Å². The first kappa shape index (κ1) is 19.9. The summed E-state index contributed by atoms with van der Waals surface area (Å²) < 4.78 is 5.83. The Balaban J connectivity index is 1.59. The van der Waals surface area contributed by atoms with E-state index in [0.29, 0.717) is 5.75 Å². The molecule has 2 N–H and O–H groups in total. The maximum absolute atomic E-state index is 11.6. The van der Waals surface area contributed by atoms with Crippen molar-refractivity contribution in [2.24, 2.45) is 0 Å². The average Bonchev–Trinajstić information content (AvgIpc) is 2.78. The number of hydrogen-bond acceptors (Lipinski definition) is 5. The lowest BCUT2D eigenvalue weighted by atomic mass is 10.1. The van der Waals surface area contributed by atoms with Gasteiger partial charge in [0.1, 0.15) is 18.0 Å². The van der Waals surface area contributed by atoms with Crippen LogP contribution in [0.5, 0.6) is 5.75 Å². The predicted molar refractivity (Wildman–Crippen MR) is 118 cm³/mol. The van der Waals surface area contributed by atoms with E-state index >= 15 is 0 Å². The molecule has 0 heterocycles. The number of nitrogens with one attached hydrogen (secondary N) is 1. The molecule has 4 aromatic carbocycles. The molecule has 0 aliphatic carbocycles. The summed E-state index contributed by atoms with van der Waals surface area (Å²) in [5.41, 5.74) is 1.22. The monoisotopic (exact) mass is 414 g/mol. The van der Waals surface area contributed by atoms with Crippen molar-refractivity contribution < 1.29 is 19.6 Å². The molecule has 0 spiro atoms. The van der Waals surface area contributed by atoms with Gasteiger partial charge in [-0.2, -0.15) is 0 Å². The highest BCUT2D eigenvalue weighted by Crippen LogP contribution is 2.33. The maximum atomic E-state index is 11.6. The number of carboxylic acid groups (broad SMARTS) is 1. The first-order chi connectivity index (χ1) is 15.0. The van der Waals surface area contributed by atoms with Crippen LogP contribution >= 0.6 is 0 Å². The minimum absolute atomic E-state index is 0.0214. The van der Waals surface area contributed by atoms with E-state index in [2.05, 4.69) is 5.32 Å². The number of nitro benzene ring substituents is 1. The highest BCUT2D eigenvalue weighted by atomic mass is 16.6. The lowest BCUT2D eigenvalue weighted by Gasteiger charge is -2.12. The quantitative estimate of drug-likeness (QED) is 0.294. The molecule has 0 bridgehead atoms. The second kappa shape index (κ2) is 8.54. The summed E-state index contributed by atoms with van der Waals surface area (Å²) in [6.07, 6.45) is 0. The van der Waals surface area contributed by atoms with Gasteiger partial charge >= 0.3 is 5.97 Å². The zero-order valence-electron chi connectivity index (χ0n) is 16.3. The Morgan fingerprint density at radius 3 is 2.48 bits per heavy atom. The van der Waals surface area contributed by atoms with Gasteiger partial charge in [-0.3, -0.25) is 10.1 Å². The number of ether oxygens (including phenoxy) is 1. The minimum atomic E-state index is -1.12. The van der Waals surface area contributed by atoms with Crippen LogP contribution in [0.4, 0.5) is 17.1 Å². The summed E-state index contributed by atoms with van der Waals surface area (Å²) in [6.45, 7) is 0.257. The molecule has 0 saturated heterocycles. The Hall–Kier alpha value is -4.39. The summed E-state index contributed by atoms with van der Waals surface area (Å²) >= 11 is 0. The van der Waals surface area contributed by atoms with Crippen LogP contribution < -0.4 is 10.1 Å². The Labute approximate surface area is 177 Å². The molecule has 4 aromatic rings. The number of carbonyl (C=O) groups is 1. The third-order valence-corrected chi connectivity index (χ3v) is 4.87. The zero-order valence-corrected chi connectivity index (χ0v) is 16.3. The van der Waals surface area contributed by atoms with Crippen LogP contribution in [0.15, 0.2) is 84.9 Å². The topological polar surface area (TPSA) is 102 Å². The zero-order chi connectivity index (χ0) is 21.8. The van der Waals surface area contributed by atoms with Crippen molar-refractivity contribution in [1.29, 1.82) is 0 Å². The maximum Gasteiger partial charge on any atom is 0.337 e. The normalized spacial score (nSPS) is 10.6. The summed E-state index contributed by atoms with van der Waals surface area (Å²) in [5.74, 6) is -0.780. The Morgan fingerprint density at radius 2 is 1.68 bits per heavy atom. The van der Waals surface area contributed by atoms with Gasteiger partial charge in [0.15, 0.2) is 0 Å². The Morgan fingerprint density at radius 1 is 0.935 bits per heavy atom. The van der Waals surface area contributed by atoms with Crippen molar-refractivity contribution >= 4 is 33.8 Å². The molecule has 7 heteroatoms. The summed E-state index contributed by atoms with van der Waals surface area (Å²) in [7, 11) is 0. The molecule has 7 nitrogen and oxygen atoms in total. The van der Waals surface area contributed by atoms with Crippen LogP contribution in [-0.4, -0.2) is 16.0 Å². The van der Waals surface area contributed by atoms with Gasteiger partial charge in [-0.05, 0) is 40.6 Å². The van der Waals surface area contributed by atoms with E-state index in [-0.39, 0.29) is 29.2 Å². The number of rotatable bonds is 7. The Bertz CT molecular complexity index is 1280. The number of benzene rings is 4. The van der Waals surface area contributed by atoms with E-state index in [4.69, 9.17) is 4.74 Å². The average molecular weight is 414 g/mol. The van der Waals surface area contributed by atoms with Crippen LogP contribution in [0.2, 0.25) is 0 Å². The van der Waals surface area contributed by atoms with Crippen LogP contribution in [0.3, 0.4) is 0 Å². The molecule has 0 radical (unpaired) electrons. The number of para-hydroxylation sites is 1. The second-order valence-electron chi connectivity index (χ2n) is 6.84. The van der Waals surface area contributed by atoms with Crippen LogP contribution in [-0.2, 0) is 6.61 Å². The highest BCUT2D eigenvalue weighted by Gasteiger charge is 2.18. The van der Waals surface area contributed by atoms with E-state index in [1.165, 1.54) is 18.2 Å². The molecule has 31 heavy (non-hydrogen) atoms. The van der Waals surface area contributed by atoms with Crippen molar-refractivity contribution in [3.05, 3.63) is 106 Å². The number of nitrogens with zero attached hydrogens (tertiary/aromatic N) is 1. The molecule has 0 aromatic heterocycles. The van der Waals surface area contributed by atoms with Crippen LogP contribution in [0.25, 0.3) is 10.8 Å². The highest BCUT2D eigenvalue weighted by molar-refractivity contribution is 5.95. The van der Waals surface area contributed by atoms with Crippen molar-refractivity contribution in [3.63, 3.8) is 0 Å². The van der Waals surface area contributed by atoms with E-state index < -0.39 is 10.9 Å². The Kier molecular flexibility index (Phi) is 5.49. The van der Waals surface area contributed by atoms with E-state index in [1.54, 1.807) is 24.3 Å². The first-order valence-corrected chi connectivity index (χ1v) is 9.50. The largest absolute Gasteiger partial charge is 0.489 e. The number of aromatic carboxylic acids is 1. The molecule has 0 fully saturated rings. The fraction of sp³-hybridized carbons (Fsp3) is 0.0417. The van der Waals surface area contributed by atoms with E-state index in [9.17, 15) is 20.0 Å². The second-order valence-corrected chi connectivity index (χ2v) is 6.84. The lowest BCUT2D eigenvalue weighted by Crippen LogP contribution is -2.04. The standard InChI is InChI=1S/C24H18N2O5/c27-24(28)20-10-3-4-11-21(20)25-22-13-12-18(14-23(22)26(29)30)31-15-17-8-5-7-16-6-1-2-9-19(16)17/h1-14,25H,15H2,(H,27,28). The molecule has 0 aliphatic heterocycles.